The molecule has 7 nitrogen and oxygen atoms in total. The van der Waals surface area contributed by atoms with E-state index in [2.05, 4.69) is 15.0 Å². The average Bonchev–Trinajstić information content (AvgIpc) is 3.22. The highest BCUT2D eigenvalue weighted by Gasteiger charge is 2.31. The third-order valence-corrected chi connectivity index (χ3v) is 5.11. The molecule has 2 aromatic heterocycles. The Morgan fingerprint density at radius 2 is 2.30 bits per heavy atom. The van der Waals surface area contributed by atoms with Gasteiger partial charge in [0.05, 0.1) is 29.1 Å². The minimum Gasteiger partial charge on any atom is -0.385 e. The number of β-amino-alcohol motifs (C(OH)–C–C–N with tert-alkyl or cyclic N) is 1. The molecule has 0 spiro atoms. The minimum atomic E-state index is -0.530. The predicted octanol–water partition coefficient (Wildman–Crippen LogP) is 1.06. The van der Waals surface area contributed by atoms with Crippen molar-refractivity contribution < 1.29 is 9.90 Å². The molecule has 0 aliphatic carbocycles. The number of rotatable bonds is 5. The van der Waals surface area contributed by atoms with E-state index >= 15 is 0 Å². The van der Waals surface area contributed by atoms with Gasteiger partial charge in [-0.2, -0.15) is 5.10 Å². The van der Waals surface area contributed by atoms with E-state index < -0.39 is 6.10 Å². The zero-order chi connectivity index (χ0) is 15.8. The van der Waals surface area contributed by atoms with Crippen LogP contribution in [0.1, 0.15) is 30.7 Å². The molecule has 4 heterocycles. The molecule has 1 unspecified atom stereocenters. The van der Waals surface area contributed by atoms with Crippen LogP contribution in [0.25, 0.3) is 0 Å². The zero-order valence-electron chi connectivity index (χ0n) is 12.7. The third kappa shape index (κ3) is 2.89. The lowest BCUT2D eigenvalue weighted by molar-refractivity contribution is -0.117. The van der Waals surface area contributed by atoms with Crippen LogP contribution in [-0.4, -0.2) is 56.9 Å². The van der Waals surface area contributed by atoms with Gasteiger partial charge in [-0.25, -0.2) is 4.98 Å². The first-order valence-electron chi connectivity index (χ1n) is 7.84. The number of aliphatic hydroxyl groups is 1. The van der Waals surface area contributed by atoms with Crippen molar-refractivity contribution in [1.82, 2.24) is 19.7 Å². The van der Waals surface area contributed by atoms with Gasteiger partial charge in [0.25, 0.3) is 0 Å². The molecule has 23 heavy (non-hydrogen) atoms. The van der Waals surface area contributed by atoms with Gasteiger partial charge in [0, 0.05) is 44.2 Å². The van der Waals surface area contributed by atoms with E-state index in [0.717, 1.165) is 37.4 Å². The summed E-state index contributed by atoms with van der Waals surface area (Å²) in [5.41, 5.74) is 3.38. The van der Waals surface area contributed by atoms with Crippen molar-refractivity contribution in [3.63, 3.8) is 0 Å². The summed E-state index contributed by atoms with van der Waals surface area (Å²) in [6, 6.07) is 0.309. The van der Waals surface area contributed by atoms with E-state index in [1.54, 1.807) is 11.7 Å². The smallest absolute Gasteiger partial charge is 0.227 e. The Morgan fingerprint density at radius 3 is 3.00 bits per heavy atom. The standard InChI is InChI=1S/C15H19N5O2S/c21-14(13-9-23-10-16-13)8-18-5-12(6-18)20-7-11(4-17-20)19-3-1-2-15(19)22/h4,7,9-10,12,14,21H,1-3,5-6,8H2. The number of carbonyl (C=O) groups is 1. The Balaban J connectivity index is 1.32. The van der Waals surface area contributed by atoms with Crippen molar-refractivity contribution in [2.75, 3.05) is 31.1 Å². The number of carbonyl (C=O) groups excluding carboxylic acids is 1. The first-order chi connectivity index (χ1) is 11.2. The van der Waals surface area contributed by atoms with Crippen LogP contribution < -0.4 is 4.90 Å². The Bertz CT molecular complexity index is 680. The van der Waals surface area contributed by atoms with E-state index in [4.69, 9.17) is 0 Å². The number of aromatic nitrogens is 3. The Kier molecular flexibility index (Phi) is 3.88. The molecule has 2 saturated heterocycles. The van der Waals surface area contributed by atoms with Gasteiger partial charge >= 0.3 is 0 Å². The molecule has 2 aromatic rings. The van der Waals surface area contributed by atoms with Gasteiger partial charge in [-0.05, 0) is 6.42 Å². The van der Waals surface area contributed by atoms with E-state index in [0.29, 0.717) is 19.0 Å². The lowest BCUT2D eigenvalue weighted by atomic mass is 10.1. The van der Waals surface area contributed by atoms with Gasteiger partial charge in [0.15, 0.2) is 0 Å². The van der Waals surface area contributed by atoms with Crippen LogP contribution in [0.2, 0.25) is 0 Å². The van der Waals surface area contributed by atoms with Gasteiger partial charge in [0.1, 0.15) is 6.10 Å². The number of hydrogen-bond donors (Lipinski definition) is 1. The molecular weight excluding hydrogens is 314 g/mol. The van der Waals surface area contributed by atoms with Gasteiger partial charge in [-0.1, -0.05) is 0 Å². The molecule has 122 valence electrons. The maximum atomic E-state index is 11.8. The monoisotopic (exact) mass is 333 g/mol. The van der Waals surface area contributed by atoms with Crippen LogP contribution in [-0.2, 0) is 4.79 Å². The minimum absolute atomic E-state index is 0.186. The normalized spacial score (nSPS) is 20.9. The van der Waals surface area contributed by atoms with E-state index in [1.165, 1.54) is 11.3 Å². The number of likely N-dealkylation sites (tertiary alicyclic amines) is 1. The van der Waals surface area contributed by atoms with Crippen molar-refractivity contribution in [1.29, 1.82) is 0 Å². The molecule has 0 bridgehead atoms. The SMILES string of the molecule is O=C1CCCN1c1cnn(C2CN(CC(O)c3cscn3)C2)c1. The molecule has 0 radical (unpaired) electrons. The fraction of sp³-hybridized carbons (Fsp3) is 0.533. The molecular formula is C15H19N5O2S. The highest BCUT2D eigenvalue weighted by Crippen LogP contribution is 2.27. The molecule has 0 aromatic carbocycles. The Morgan fingerprint density at radius 1 is 1.43 bits per heavy atom. The maximum Gasteiger partial charge on any atom is 0.227 e. The summed E-state index contributed by atoms with van der Waals surface area (Å²) in [5.74, 6) is 0.186. The fourth-order valence-electron chi connectivity index (χ4n) is 3.17. The number of amides is 1. The van der Waals surface area contributed by atoms with Crippen LogP contribution in [0.4, 0.5) is 5.69 Å². The van der Waals surface area contributed by atoms with Crippen molar-refractivity contribution >= 4 is 22.9 Å². The summed E-state index contributed by atoms with van der Waals surface area (Å²) in [4.78, 5) is 19.9. The highest BCUT2D eigenvalue weighted by atomic mass is 32.1. The topological polar surface area (TPSA) is 74.5 Å². The number of aliphatic hydroxyl groups excluding tert-OH is 1. The van der Waals surface area contributed by atoms with Crippen molar-refractivity contribution in [3.05, 3.63) is 29.0 Å². The van der Waals surface area contributed by atoms with Gasteiger partial charge in [-0.3, -0.25) is 14.4 Å². The molecule has 2 fully saturated rings. The van der Waals surface area contributed by atoms with Gasteiger partial charge < -0.3 is 10.0 Å². The molecule has 8 heteroatoms. The first-order valence-corrected chi connectivity index (χ1v) is 8.78. The maximum absolute atomic E-state index is 11.8. The molecule has 1 N–H and O–H groups in total. The van der Waals surface area contributed by atoms with Crippen LogP contribution in [0.5, 0.6) is 0 Å². The van der Waals surface area contributed by atoms with Crippen molar-refractivity contribution in [2.45, 2.75) is 25.0 Å². The third-order valence-electron chi connectivity index (χ3n) is 4.51. The van der Waals surface area contributed by atoms with Crippen molar-refractivity contribution in [3.8, 4) is 0 Å². The van der Waals surface area contributed by atoms with Gasteiger partial charge in [-0.15, -0.1) is 11.3 Å². The van der Waals surface area contributed by atoms with Crippen LogP contribution in [0.3, 0.4) is 0 Å². The molecule has 1 amide bonds. The Hall–Kier alpha value is -1.77. The summed E-state index contributed by atoms with van der Waals surface area (Å²) in [5, 5.41) is 16.4. The lowest BCUT2D eigenvalue weighted by Crippen LogP contribution is -2.49. The summed E-state index contributed by atoms with van der Waals surface area (Å²) in [6.07, 6.45) is 4.77. The second-order valence-electron chi connectivity index (χ2n) is 6.13. The fourth-order valence-corrected chi connectivity index (χ4v) is 3.77. The number of hydrogen-bond acceptors (Lipinski definition) is 6. The summed E-state index contributed by atoms with van der Waals surface area (Å²) in [6.45, 7) is 3.10. The predicted molar refractivity (Wildman–Crippen MR) is 86.4 cm³/mol. The lowest BCUT2D eigenvalue weighted by Gasteiger charge is -2.40. The average molecular weight is 333 g/mol. The number of anilines is 1. The molecule has 0 saturated carbocycles. The second kappa shape index (κ2) is 6.03. The number of nitrogens with zero attached hydrogens (tertiary/aromatic N) is 5. The van der Waals surface area contributed by atoms with E-state index in [1.807, 2.05) is 21.2 Å². The largest absolute Gasteiger partial charge is 0.385 e. The van der Waals surface area contributed by atoms with Crippen LogP contribution in [0.15, 0.2) is 23.3 Å². The number of thiazole rings is 1. The van der Waals surface area contributed by atoms with Crippen LogP contribution >= 0.6 is 11.3 Å². The Labute approximate surface area is 138 Å². The molecule has 2 aliphatic heterocycles. The summed E-state index contributed by atoms with van der Waals surface area (Å²) >= 11 is 1.50. The molecule has 4 rings (SSSR count). The summed E-state index contributed by atoms with van der Waals surface area (Å²) < 4.78 is 1.94. The highest BCUT2D eigenvalue weighted by molar-refractivity contribution is 7.07. The molecule has 2 aliphatic rings. The first kappa shape index (κ1) is 14.8. The zero-order valence-corrected chi connectivity index (χ0v) is 13.5. The van der Waals surface area contributed by atoms with Crippen molar-refractivity contribution in [2.24, 2.45) is 0 Å². The van der Waals surface area contributed by atoms with Gasteiger partial charge in [0.2, 0.25) is 5.91 Å². The van der Waals surface area contributed by atoms with E-state index in [9.17, 15) is 9.90 Å². The van der Waals surface area contributed by atoms with Crippen LogP contribution in [0, 0.1) is 0 Å². The quantitative estimate of drug-likeness (QED) is 0.885. The van der Waals surface area contributed by atoms with E-state index in [-0.39, 0.29) is 5.91 Å². The molecule has 1 atom stereocenters. The summed E-state index contributed by atoms with van der Waals surface area (Å²) in [7, 11) is 0. The second-order valence-corrected chi connectivity index (χ2v) is 6.85.